The minimum atomic E-state index is -0.220. The molecule has 27 heavy (non-hydrogen) atoms. The van der Waals surface area contributed by atoms with Gasteiger partial charge in [0.15, 0.2) is 0 Å². The lowest BCUT2D eigenvalue weighted by atomic mass is 10.1. The van der Waals surface area contributed by atoms with Crippen molar-refractivity contribution in [3.63, 3.8) is 0 Å². The Balaban J connectivity index is 1.59. The van der Waals surface area contributed by atoms with Crippen LogP contribution in [-0.4, -0.2) is 48.2 Å². The van der Waals surface area contributed by atoms with Crippen LogP contribution in [-0.2, 0) is 11.3 Å². The molecule has 2 aromatic rings. The quantitative estimate of drug-likeness (QED) is 0.774. The summed E-state index contributed by atoms with van der Waals surface area (Å²) in [5, 5.41) is 0. The predicted octanol–water partition coefficient (Wildman–Crippen LogP) is 3.39. The van der Waals surface area contributed by atoms with Gasteiger partial charge in [0.05, 0.1) is 12.7 Å². The Hall–Kier alpha value is -2.28. The molecule has 1 aliphatic heterocycles. The molecule has 2 heterocycles. The van der Waals surface area contributed by atoms with Crippen LogP contribution in [0.1, 0.15) is 44.0 Å². The van der Waals surface area contributed by atoms with Crippen molar-refractivity contribution in [1.29, 1.82) is 0 Å². The zero-order valence-corrected chi connectivity index (χ0v) is 16.5. The molecule has 0 bridgehead atoms. The lowest BCUT2D eigenvalue weighted by molar-refractivity contribution is 0.0249. The molecule has 0 amide bonds. The number of halogens is 1. The van der Waals surface area contributed by atoms with E-state index < -0.39 is 0 Å². The summed E-state index contributed by atoms with van der Waals surface area (Å²) in [7, 11) is 3.89. The van der Waals surface area contributed by atoms with Gasteiger partial charge in [0.2, 0.25) is 11.9 Å². The van der Waals surface area contributed by atoms with E-state index in [4.69, 9.17) is 4.74 Å². The van der Waals surface area contributed by atoms with Gasteiger partial charge < -0.3 is 14.5 Å². The second kappa shape index (κ2) is 8.61. The average Bonchev–Trinajstić information content (AvgIpc) is 2.67. The number of hydrogen-bond donors (Lipinski definition) is 0. The maximum absolute atomic E-state index is 13.0. The van der Waals surface area contributed by atoms with E-state index in [1.54, 1.807) is 12.1 Å². The molecule has 3 rings (SSSR count). The molecule has 0 atom stereocenters. The topological polar surface area (TPSA) is 54.4 Å². The molecule has 1 aromatic heterocycles. The van der Waals surface area contributed by atoms with Crippen molar-refractivity contribution in [3.8, 4) is 0 Å². The van der Waals surface area contributed by atoms with Crippen LogP contribution in [0.3, 0.4) is 0 Å². The fourth-order valence-corrected chi connectivity index (χ4v) is 2.99. The fourth-order valence-electron chi connectivity index (χ4n) is 2.99. The standard InChI is InChI=1S/C20H28FN5O/c1-14(2)18-22-19(25(3)4)24-20(23-18)26-11-9-17(10-12-26)27-13-15-5-7-16(21)8-6-15/h5-8,14,17H,9-13H2,1-4H3. The van der Waals surface area contributed by atoms with E-state index in [0.29, 0.717) is 12.6 Å². The maximum Gasteiger partial charge on any atom is 0.230 e. The number of rotatable bonds is 6. The SMILES string of the molecule is CC(C)c1nc(N(C)C)nc(N2CCC(OCc3ccc(F)cc3)CC2)n1. The van der Waals surface area contributed by atoms with Crippen LogP contribution in [0.25, 0.3) is 0 Å². The molecule has 0 N–H and O–H groups in total. The van der Waals surface area contributed by atoms with Crippen LogP contribution < -0.4 is 9.80 Å². The van der Waals surface area contributed by atoms with Crippen molar-refractivity contribution in [1.82, 2.24) is 15.0 Å². The van der Waals surface area contributed by atoms with Gasteiger partial charge in [-0.15, -0.1) is 0 Å². The molecule has 1 fully saturated rings. The Morgan fingerprint density at radius 3 is 2.37 bits per heavy atom. The number of benzene rings is 1. The zero-order chi connectivity index (χ0) is 19.4. The summed E-state index contributed by atoms with van der Waals surface area (Å²) in [6, 6.07) is 6.48. The van der Waals surface area contributed by atoms with E-state index >= 15 is 0 Å². The summed E-state index contributed by atoms with van der Waals surface area (Å²) in [4.78, 5) is 17.9. The average molecular weight is 373 g/mol. The van der Waals surface area contributed by atoms with Crippen LogP contribution in [0.2, 0.25) is 0 Å². The van der Waals surface area contributed by atoms with Crippen LogP contribution in [0.15, 0.2) is 24.3 Å². The zero-order valence-electron chi connectivity index (χ0n) is 16.5. The van der Waals surface area contributed by atoms with E-state index in [0.717, 1.165) is 43.3 Å². The highest BCUT2D eigenvalue weighted by molar-refractivity contribution is 5.39. The molecule has 1 saturated heterocycles. The first-order valence-corrected chi connectivity index (χ1v) is 9.46. The Labute approximate surface area is 160 Å². The smallest absolute Gasteiger partial charge is 0.230 e. The summed E-state index contributed by atoms with van der Waals surface area (Å²) in [5.74, 6) is 2.29. The molecular weight excluding hydrogens is 345 g/mol. The normalized spacial score (nSPS) is 15.4. The van der Waals surface area contributed by atoms with Gasteiger partial charge in [-0.05, 0) is 30.5 Å². The summed E-state index contributed by atoms with van der Waals surface area (Å²) in [6.45, 7) is 6.39. The van der Waals surface area contributed by atoms with Gasteiger partial charge in [-0.2, -0.15) is 15.0 Å². The third kappa shape index (κ3) is 5.13. The molecule has 1 aromatic carbocycles. The van der Waals surface area contributed by atoms with Crippen LogP contribution >= 0.6 is 0 Å². The van der Waals surface area contributed by atoms with Crippen molar-refractivity contribution < 1.29 is 9.13 Å². The lowest BCUT2D eigenvalue weighted by Gasteiger charge is -2.32. The summed E-state index contributed by atoms with van der Waals surface area (Å²) in [5.41, 5.74) is 0.994. The minimum absolute atomic E-state index is 0.200. The highest BCUT2D eigenvalue weighted by atomic mass is 19.1. The molecule has 0 radical (unpaired) electrons. The largest absolute Gasteiger partial charge is 0.373 e. The van der Waals surface area contributed by atoms with Crippen molar-refractivity contribution in [3.05, 3.63) is 41.5 Å². The van der Waals surface area contributed by atoms with Gasteiger partial charge in [-0.1, -0.05) is 26.0 Å². The van der Waals surface area contributed by atoms with E-state index in [1.807, 2.05) is 19.0 Å². The highest BCUT2D eigenvalue weighted by Crippen LogP contribution is 2.22. The van der Waals surface area contributed by atoms with E-state index in [1.165, 1.54) is 12.1 Å². The number of aromatic nitrogens is 3. The lowest BCUT2D eigenvalue weighted by Crippen LogP contribution is -2.38. The van der Waals surface area contributed by atoms with Gasteiger partial charge in [0.25, 0.3) is 0 Å². The van der Waals surface area contributed by atoms with E-state index in [-0.39, 0.29) is 17.8 Å². The number of hydrogen-bond acceptors (Lipinski definition) is 6. The van der Waals surface area contributed by atoms with Crippen molar-refractivity contribution in [2.45, 2.75) is 45.3 Å². The maximum atomic E-state index is 13.0. The first-order chi connectivity index (χ1) is 12.9. The third-order valence-corrected chi connectivity index (χ3v) is 4.67. The summed E-state index contributed by atoms with van der Waals surface area (Å²) < 4.78 is 19.0. The Kier molecular flexibility index (Phi) is 6.21. The number of ether oxygens (including phenoxy) is 1. The molecule has 6 nitrogen and oxygen atoms in total. The minimum Gasteiger partial charge on any atom is -0.373 e. The number of nitrogens with zero attached hydrogens (tertiary/aromatic N) is 5. The van der Waals surface area contributed by atoms with Crippen molar-refractivity contribution in [2.75, 3.05) is 37.0 Å². The second-order valence-electron chi connectivity index (χ2n) is 7.47. The monoisotopic (exact) mass is 373 g/mol. The molecule has 0 unspecified atom stereocenters. The number of piperidine rings is 1. The predicted molar refractivity (Wildman–Crippen MR) is 105 cm³/mol. The Morgan fingerprint density at radius 2 is 1.78 bits per heavy atom. The van der Waals surface area contributed by atoms with Gasteiger partial charge in [-0.3, -0.25) is 0 Å². The second-order valence-corrected chi connectivity index (χ2v) is 7.47. The Bertz CT molecular complexity index is 716. The molecule has 7 heteroatoms. The van der Waals surface area contributed by atoms with E-state index in [9.17, 15) is 4.39 Å². The third-order valence-electron chi connectivity index (χ3n) is 4.67. The van der Waals surface area contributed by atoms with Crippen molar-refractivity contribution in [2.24, 2.45) is 0 Å². The Morgan fingerprint density at radius 1 is 1.11 bits per heavy atom. The van der Waals surface area contributed by atoms with Gasteiger partial charge >= 0.3 is 0 Å². The molecule has 1 aliphatic rings. The van der Waals surface area contributed by atoms with Crippen LogP contribution in [0.4, 0.5) is 16.3 Å². The summed E-state index contributed by atoms with van der Waals surface area (Å²) in [6.07, 6.45) is 2.04. The molecule has 0 saturated carbocycles. The molecule has 0 aliphatic carbocycles. The molecule has 146 valence electrons. The van der Waals surface area contributed by atoms with Gasteiger partial charge in [-0.25, -0.2) is 4.39 Å². The van der Waals surface area contributed by atoms with E-state index in [2.05, 4.69) is 33.7 Å². The first-order valence-electron chi connectivity index (χ1n) is 9.46. The fraction of sp³-hybridized carbons (Fsp3) is 0.550. The number of anilines is 2. The van der Waals surface area contributed by atoms with Crippen LogP contribution in [0.5, 0.6) is 0 Å². The first kappa shape index (κ1) is 19.5. The van der Waals surface area contributed by atoms with Gasteiger partial charge in [0.1, 0.15) is 11.6 Å². The highest BCUT2D eigenvalue weighted by Gasteiger charge is 2.23. The summed E-state index contributed by atoms with van der Waals surface area (Å²) >= 11 is 0. The van der Waals surface area contributed by atoms with Crippen molar-refractivity contribution >= 4 is 11.9 Å². The van der Waals surface area contributed by atoms with Gasteiger partial charge in [0, 0.05) is 33.1 Å². The molecule has 0 spiro atoms. The van der Waals surface area contributed by atoms with Crippen LogP contribution in [0, 0.1) is 5.82 Å². The molecular formula is C20H28FN5O.